The van der Waals surface area contributed by atoms with Crippen molar-refractivity contribution in [3.63, 3.8) is 0 Å². The van der Waals surface area contributed by atoms with E-state index in [0.29, 0.717) is 13.2 Å². The molecule has 1 unspecified atom stereocenters. The molecule has 9 nitrogen and oxygen atoms in total. The predicted octanol–water partition coefficient (Wildman–Crippen LogP) is 1.95. The van der Waals surface area contributed by atoms with Gasteiger partial charge in [-0.2, -0.15) is 5.10 Å². The highest BCUT2D eigenvalue weighted by atomic mass is 127. The maximum absolute atomic E-state index is 5.51. The molecule has 3 heterocycles. The fraction of sp³-hybridized carbons (Fsp3) is 0.591. The van der Waals surface area contributed by atoms with Crippen LogP contribution in [-0.2, 0) is 35.6 Å². The Labute approximate surface area is 207 Å². The molecule has 1 saturated heterocycles. The highest BCUT2D eigenvalue weighted by Gasteiger charge is 2.22. The topological polar surface area (TPSA) is 88.8 Å². The number of aryl methyl sites for hydroxylation is 1. The summed E-state index contributed by atoms with van der Waals surface area (Å²) in [6.07, 6.45) is 1.90. The van der Waals surface area contributed by atoms with Crippen LogP contribution in [0.25, 0.3) is 0 Å². The van der Waals surface area contributed by atoms with Crippen LogP contribution in [0.2, 0.25) is 0 Å². The van der Waals surface area contributed by atoms with E-state index in [1.807, 2.05) is 4.68 Å². The lowest BCUT2D eigenvalue weighted by molar-refractivity contribution is 0.122. The highest BCUT2D eigenvalue weighted by Crippen LogP contribution is 2.22. The summed E-state index contributed by atoms with van der Waals surface area (Å²) in [6.45, 7) is 8.16. The number of hydrogen-bond acceptors (Lipinski definition) is 6. The van der Waals surface area contributed by atoms with E-state index >= 15 is 0 Å². The van der Waals surface area contributed by atoms with E-state index in [9.17, 15) is 0 Å². The number of methoxy groups -OCH3 is 1. The minimum Gasteiger partial charge on any atom is -0.378 e. The first-order valence-corrected chi connectivity index (χ1v) is 11.1. The van der Waals surface area contributed by atoms with Gasteiger partial charge in [0.1, 0.15) is 12.4 Å². The summed E-state index contributed by atoms with van der Waals surface area (Å²) in [5.74, 6) is 2.62. The number of hydrogen-bond donors (Lipinski definition) is 2. The second kappa shape index (κ2) is 12.4. The third-order valence-corrected chi connectivity index (χ3v) is 5.61. The monoisotopic (exact) mass is 555 g/mol. The van der Waals surface area contributed by atoms with Crippen LogP contribution in [0.4, 0.5) is 5.69 Å². The molecule has 4 rings (SSSR count). The van der Waals surface area contributed by atoms with Crippen LogP contribution in [0.5, 0.6) is 0 Å². The zero-order chi connectivity index (χ0) is 21.5. The lowest BCUT2D eigenvalue weighted by Gasteiger charge is -2.30. The molecule has 2 aromatic rings. The number of anilines is 1. The van der Waals surface area contributed by atoms with Crippen LogP contribution in [0.1, 0.15) is 30.6 Å². The molecule has 1 aromatic heterocycles. The van der Waals surface area contributed by atoms with Crippen molar-refractivity contribution >= 4 is 35.6 Å². The molecule has 1 fully saturated rings. The average Bonchev–Trinajstić information content (AvgIpc) is 3.20. The number of guanidine groups is 1. The smallest absolute Gasteiger partial charge is 0.191 e. The number of aliphatic imine (C=N–C) groups is 1. The number of para-hydroxylation sites is 1. The first kappa shape index (κ1) is 24.7. The second-order valence-corrected chi connectivity index (χ2v) is 7.86. The van der Waals surface area contributed by atoms with E-state index in [4.69, 9.17) is 14.5 Å². The number of benzene rings is 1. The average molecular weight is 555 g/mol. The summed E-state index contributed by atoms with van der Waals surface area (Å²) < 4.78 is 12.7. The van der Waals surface area contributed by atoms with Gasteiger partial charge in [0.2, 0.25) is 0 Å². The SMILES string of the molecule is CCNC(=NCc1ccccc1N1CCOCC1)NC1CCc2nc(COC)nn2C1.I. The highest BCUT2D eigenvalue weighted by molar-refractivity contribution is 14.0. The van der Waals surface area contributed by atoms with Crippen molar-refractivity contribution in [1.29, 1.82) is 0 Å². The van der Waals surface area contributed by atoms with Crippen LogP contribution in [0.15, 0.2) is 29.3 Å². The number of nitrogens with zero attached hydrogens (tertiary/aromatic N) is 5. The molecule has 0 bridgehead atoms. The van der Waals surface area contributed by atoms with Crippen molar-refractivity contribution in [2.45, 2.75) is 45.5 Å². The molecule has 2 N–H and O–H groups in total. The van der Waals surface area contributed by atoms with Gasteiger partial charge in [-0.05, 0) is 25.0 Å². The van der Waals surface area contributed by atoms with Crippen molar-refractivity contribution in [2.24, 2.45) is 4.99 Å². The van der Waals surface area contributed by atoms with Gasteiger partial charge in [-0.25, -0.2) is 14.7 Å². The van der Waals surface area contributed by atoms with Gasteiger partial charge in [0.05, 0.1) is 26.3 Å². The quantitative estimate of drug-likeness (QED) is 0.307. The Bertz CT molecular complexity index is 883. The number of halogens is 1. The van der Waals surface area contributed by atoms with Crippen LogP contribution in [-0.4, -0.2) is 66.7 Å². The van der Waals surface area contributed by atoms with Gasteiger partial charge in [-0.1, -0.05) is 18.2 Å². The first-order valence-electron chi connectivity index (χ1n) is 11.1. The standard InChI is InChI=1S/C22H33N7O2.HI/c1-3-23-22(25-18-8-9-21-26-20(16-30-2)27-29(21)15-18)24-14-17-6-4-5-7-19(17)28-10-12-31-13-11-28;/h4-7,18H,3,8-16H2,1-2H3,(H2,23,24,25);1H. The zero-order valence-electron chi connectivity index (χ0n) is 18.9. The number of ether oxygens (including phenoxy) is 2. The van der Waals surface area contributed by atoms with Gasteiger partial charge in [0.15, 0.2) is 11.8 Å². The van der Waals surface area contributed by atoms with Crippen molar-refractivity contribution in [1.82, 2.24) is 25.4 Å². The molecular weight excluding hydrogens is 521 g/mol. The normalized spacial score (nSPS) is 18.6. The Hall–Kier alpha value is -1.92. The maximum atomic E-state index is 5.51. The molecule has 0 spiro atoms. The molecule has 2 aliphatic heterocycles. The van der Waals surface area contributed by atoms with E-state index < -0.39 is 0 Å². The Morgan fingerprint density at radius 3 is 2.88 bits per heavy atom. The summed E-state index contributed by atoms with van der Waals surface area (Å²) in [5, 5.41) is 11.5. The molecule has 2 aliphatic rings. The molecular formula is C22H34IN7O2. The van der Waals surface area contributed by atoms with Crippen molar-refractivity contribution in [3.05, 3.63) is 41.5 Å². The van der Waals surface area contributed by atoms with Gasteiger partial charge >= 0.3 is 0 Å². The van der Waals surface area contributed by atoms with Gasteiger partial charge in [-0.3, -0.25) is 0 Å². The van der Waals surface area contributed by atoms with E-state index in [2.05, 4.69) is 56.8 Å². The lowest BCUT2D eigenvalue weighted by atomic mass is 10.1. The number of morpholine rings is 1. The van der Waals surface area contributed by atoms with E-state index in [-0.39, 0.29) is 30.0 Å². The van der Waals surface area contributed by atoms with Crippen LogP contribution < -0.4 is 15.5 Å². The minimum absolute atomic E-state index is 0. The molecule has 32 heavy (non-hydrogen) atoms. The molecule has 10 heteroatoms. The third kappa shape index (κ3) is 6.32. The molecule has 0 radical (unpaired) electrons. The van der Waals surface area contributed by atoms with E-state index in [0.717, 1.165) is 69.8 Å². The third-order valence-electron chi connectivity index (χ3n) is 5.61. The first-order chi connectivity index (χ1) is 15.3. The Morgan fingerprint density at radius 2 is 2.09 bits per heavy atom. The van der Waals surface area contributed by atoms with E-state index in [1.54, 1.807) is 7.11 Å². The summed E-state index contributed by atoms with van der Waals surface area (Å²) in [6, 6.07) is 8.78. The zero-order valence-corrected chi connectivity index (χ0v) is 21.2. The minimum atomic E-state index is 0. The molecule has 1 aromatic carbocycles. The molecule has 0 aliphatic carbocycles. The molecule has 1 atom stereocenters. The largest absolute Gasteiger partial charge is 0.378 e. The van der Waals surface area contributed by atoms with E-state index in [1.165, 1.54) is 11.3 Å². The summed E-state index contributed by atoms with van der Waals surface area (Å²) >= 11 is 0. The predicted molar refractivity (Wildman–Crippen MR) is 136 cm³/mol. The van der Waals surface area contributed by atoms with Crippen LogP contribution in [0.3, 0.4) is 0 Å². The van der Waals surface area contributed by atoms with Gasteiger partial charge in [-0.15, -0.1) is 24.0 Å². The Morgan fingerprint density at radius 1 is 1.28 bits per heavy atom. The molecule has 176 valence electrons. The molecule has 0 saturated carbocycles. The molecule has 0 amide bonds. The number of aromatic nitrogens is 3. The lowest BCUT2D eigenvalue weighted by Crippen LogP contribution is -2.47. The summed E-state index contributed by atoms with van der Waals surface area (Å²) in [4.78, 5) is 11.8. The van der Waals surface area contributed by atoms with Gasteiger partial charge in [0.25, 0.3) is 0 Å². The van der Waals surface area contributed by atoms with Crippen molar-refractivity contribution in [2.75, 3.05) is 44.9 Å². The number of rotatable bonds is 7. The van der Waals surface area contributed by atoms with Crippen LogP contribution in [0, 0.1) is 0 Å². The van der Waals surface area contributed by atoms with Gasteiger partial charge in [0, 0.05) is 44.9 Å². The summed E-state index contributed by atoms with van der Waals surface area (Å²) in [7, 11) is 1.67. The van der Waals surface area contributed by atoms with Gasteiger partial charge < -0.3 is 25.0 Å². The Kier molecular flexibility index (Phi) is 9.54. The number of fused-ring (bicyclic) bond motifs is 1. The van der Waals surface area contributed by atoms with Crippen molar-refractivity contribution in [3.8, 4) is 0 Å². The number of nitrogens with one attached hydrogen (secondary N) is 2. The Balaban J connectivity index is 0.00000289. The fourth-order valence-electron chi connectivity index (χ4n) is 4.10. The second-order valence-electron chi connectivity index (χ2n) is 7.86. The fourth-order valence-corrected chi connectivity index (χ4v) is 4.10. The van der Waals surface area contributed by atoms with Crippen LogP contribution >= 0.6 is 24.0 Å². The van der Waals surface area contributed by atoms with Crippen molar-refractivity contribution < 1.29 is 9.47 Å². The maximum Gasteiger partial charge on any atom is 0.191 e. The summed E-state index contributed by atoms with van der Waals surface area (Å²) in [5.41, 5.74) is 2.48.